The molecule has 2 heterocycles. The maximum Gasteiger partial charge on any atom is 0.172 e. The van der Waals surface area contributed by atoms with Gasteiger partial charge in [-0.1, -0.05) is 29.8 Å². The number of aromatic nitrogens is 3. The van der Waals surface area contributed by atoms with Crippen LogP contribution in [0.5, 0.6) is 11.5 Å². The molecule has 138 valence electrons. The molecular formula is C21H20BrN3O2. The first-order chi connectivity index (χ1) is 13.0. The van der Waals surface area contributed by atoms with Gasteiger partial charge in [0.15, 0.2) is 11.5 Å². The molecule has 0 fully saturated rings. The number of rotatable bonds is 4. The van der Waals surface area contributed by atoms with Gasteiger partial charge in [-0.3, -0.25) is 4.40 Å². The first-order valence-corrected chi connectivity index (χ1v) is 9.52. The van der Waals surface area contributed by atoms with Crippen LogP contribution in [0.4, 0.5) is 0 Å². The fourth-order valence-electron chi connectivity index (χ4n) is 3.39. The lowest BCUT2D eigenvalue weighted by molar-refractivity contribution is 0.390. The molecular weight excluding hydrogens is 406 g/mol. The van der Waals surface area contributed by atoms with E-state index in [-0.39, 0.29) is 0 Å². The van der Waals surface area contributed by atoms with Crippen LogP contribution in [0.25, 0.3) is 27.9 Å². The number of halogens is 1. The summed E-state index contributed by atoms with van der Waals surface area (Å²) in [5, 5.41) is 9.96. The molecule has 0 bridgehead atoms. The third-order valence-corrected chi connectivity index (χ3v) is 5.24. The maximum atomic E-state index is 5.66. The molecule has 5 nitrogen and oxygen atoms in total. The number of hydrogen-bond donors (Lipinski definition) is 0. The summed E-state index contributed by atoms with van der Waals surface area (Å²) in [6.07, 6.45) is 0. The predicted octanol–water partition coefficient (Wildman–Crippen LogP) is 5.45. The van der Waals surface area contributed by atoms with Gasteiger partial charge in [-0.05, 0) is 53.3 Å². The van der Waals surface area contributed by atoms with Crippen LogP contribution in [0.15, 0.2) is 46.9 Å². The average Bonchev–Trinajstić information content (AvgIpc) is 3.10. The molecule has 0 saturated heterocycles. The van der Waals surface area contributed by atoms with Crippen molar-refractivity contribution in [2.24, 2.45) is 0 Å². The summed E-state index contributed by atoms with van der Waals surface area (Å²) in [7, 11) is 3.34. The molecule has 0 saturated carbocycles. The number of ether oxygens (including phenoxy) is 2. The first kappa shape index (κ1) is 17.8. The minimum Gasteiger partial charge on any atom is -0.496 e. The maximum absolute atomic E-state index is 5.66. The lowest BCUT2D eigenvalue weighted by Gasteiger charge is -2.16. The van der Waals surface area contributed by atoms with E-state index in [4.69, 9.17) is 9.47 Å². The summed E-state index contributed by atoms with van der Waals surface area (Å²) in [6, 6.07) is 14.2. The molecule has 0 aliphatic carbocycles. The number of nitrogens with zero attached hydrogens (tertiary/aromatic N) is 3. The monoisotopic (exact) mass is 425 g/mol. The molecule has 6 heteroatoms. The molecule has 0 atom stereocenters. The van der Waals surface area contributed by atoms with Crippen molar-refractivity contribution in [3.8, 4) is 22.9 Å². The summed E-state index contributed by atoms with van der Waals surface area (Å²) in [5.41, 5.74) is 3.83. The molecule has 0 radical (unpaired) electrons. The SMILES string of the molecule is COc1cc(OC)c(C(C)C)cc1-c1nnc2ccc3cc(Br)ccc3n12. The normalized spacial score (nSPS) is 11.5. The van der Waals surface area contributed by atoms with E-state index in [2.05, 4.69) is 68.6 Å². The van der Waals surface area contributed by atoms with Gasteiger partial charge in [-0.25, -0.2) is 0 Å². The molecule has 2 aromatic heterocycles. The number of fused-ring (bicyclic) bond motifs is 3. The van der Waals surface area contributed by atoms with E-state index in [1.54, 1.807) is 14.2 Å². The van der Waals surface area contributed by atoms with E-state index in [0.29, 0.717) is 11.7 Å². The van der Waals surface area contributed by atoms with E-state index < -0.39 is 0 Å². The predicted molar refractivity (Wildman–Crippen MR) is 111 cm³/mol. The zero-order chi connectivity index (χ0) is 19.1. The number of methoxy groups -OCH3 is 2. The molecule has 0 N–H and O–H groups in total. The Morgan fingerprint density at radius 1 is 0.926 bits per heavy atom. The minimum atomic E-state index is 0.302. The van der Waals surface area contributed by atoms with Crippen LogP contribution >= 0.6 is 15.9 Å². The molecule has 0 spiro atoms. The topological polar surface area (TPSA) is 48.7 Å². The van der Waals surface area contributed by atoms with E-state index in [0.717, 1.165) is 43.7 Å². The Kier molecular flexibility index (Phi) is 4.52. The van der Waals surface area contributed by atoms with E-state index in [1.165, 1.54) is 0 Å². The highest BCUT2D eigenvalue weighted by molar-refractivity contribution is 9.10. The summed E-state index contributed by atoms with van der Waals surface area (Å²) in [5.74, 6) is 2.57. The zero-order valence-electron chi connectivity index (χ0n) is 15.7. The van der Waals surface area contributed by atoms with E-state index in [9.17, 15) is 0 Å². The van der Waals surface area contributed by atoms with Crippen molar-refractivity contribution >= 4 is 32.5 Å². The van der Waals surface area contributed by atoms with Crippen LogP contribution < -0.4 is 9.47 Å². The van der Waals surface area contributed by atoms with Gasteiger partial charge >= 0.3 is 0 Å². The van der Waals surface area contributed by atoms with Crippen LogP contribution in [-0.2, 0) is 0 Å². The van der Waals surface area contributed by atoms with Gasteiger partial charge in [0.2, 0.25) is 0 Å². The third kappa shape index (κ3) is 2.94. The van der Waals surface area contributed by atoms with Crippen molar-refractivity contribution in [1.29, 1.82) is 0 Å². The van der Waals surface area contributed by atoms with Gasteiger partial charge in [-0.2, -0.15) is 0 Å². The van der Waals surface area contributed by atoms with Crippen molar-refractivity contribution in [2.75, 3.05) is 14.2 Å². The Bertz CT molecular complexity index is 1150. The molecule has 0 unspecified atom stereocenters. The van der Waals surface area contributed by atoms with Gasteiger partial charge in [0.05, 0.1) is 25.3 Å². The van der Waals surface area contributed by atoms with Gasteiger partial charge in [0.25, 0.3) is 0 Å². The lowest BCUT2D eigenvalue weighted by atomic mass is 9.98. The minimum absolute atomic E-state index is 0.302. The molecule has 4 aromatic rings. The fraction of sp³-hybridized carbons (Fsp3) is 0.238. The highest BCUT2D eigenvalue weighted by Gasteiger charge is 2.19. The Balaban J connectivity index is 2.06. The largest absolute Gasteiger partial charge is 0.496 e. The fourth-order valence-corrected chi connectivity index (χ4v) is 3.77. The van der Waals surface area contributed by atoms with Crippen LogP contribution in [0.1, 0.15) is 25.3 Å². The molecule has 0 amide bonds. The van der Waals surface area contributed by atoms with E-state index in [1.807, 2.05) is 18.2 Å². The Morgan fingerprint density at radius 2 is 1.70 bits per heavy atom. The smallest absolute Gasteiger partial charge is 0.172 e. The van der Waals surface area contributed by atoms with Crippen molar-refractivity contribution in [3.05, 3.63) is 52.5 Å². The highest BCUT2D eigenvalue weighted by Crippen LogP contribution is 2.39. The second-order valence-corrected chi connectivity index (χ2v) is 7.62. The van der Waals surface area contributed by atoms with Crippen molar-refractivity contribution < 1.29 is 9.47 Å². The Morgan fingerprint density at radius 3 is 2.41 bits per heavy atom. The second kappa shape index (κ2) is 6.85. The molecule has 0 aliphatic rings. The quantitative estimate of drug-likeness (QED) is 0.435. The van der Waals surface area contributed by atoms with Gasteiger partial charge in [0.1, 0.15) is 11.5 Å². The van der Waals surface area contributed by atoms with Crippen LogP contribution in [0.2, 0.25) is 0 Å². The van der Waals surface area contributed by atoms with E-state index >= 15 is 0 Å². The lowest BCUT2D eigenvalue weighted by Crippen LogP contribution is -2.00. The summed E-state index contributed by atoms with van der Waals surface area (Å²) in [6.45, 7) is 4.28. The first-order valence-electron chi connectivity index (χ1n) is 8.73. The number of pyridine rings is 1. The van der Waals surface area contributed by atoms with Crippen molar-refractivity contribution in [1.82, 2.24) is 14.6 Å². The van der Waals surface area contributed by atoms with Gasteiger partial charge in [0, 0.05) is 10.5 Å². The second-order valence-electron chi connectivity index (χ2n) is 6.70. The molecule has 4 rings (SSSR count). The molecule has 2 aromatic carbocycles. The number of hydrogen-bond acceptors (Lipinski definition) is 4. The van der Waals surface area contributed by atoms with Crippen LogP contribution in [0, 0.1) is 0 Å². The molecule has 27 heavy (non-hydrogen) atoms. The Hall–Kier alpha value is -2.60. The standard InChI is InChI=1S/C21H20BrN3O2/c1-12(2)15-10-16(19(27-4)11-18(15)26-3)21-24-23-20-8-5-13-9-14(22)6-7-17(13)25(20)21/h5-12H,1-4H3. The Labute approximate surface area is 166 Å². The average molecular weight is 426 g/mol. The van der Waals surface area contributed by atoms with Gasteiger partial charge in [-0.15, -0.1) is 10.2 Å². The van der Waals surface area contributed by atoms with Crippen molar-refractivity contribution in [2.45, 2.75) is 19.8 Å². The van der Waals surface area contributed by atoms with Crippen LogP contribution in [0.3, 0.4) is 0 Å². The number of benzene rings is 2. The summed E-state index contributed by atoms with van der Waals surface area (Å²) < 4.78 is 14.3. The third-order valence-electron chi connectivity index (χ3n) is 4.75. The highest BCUT2D eigenvalue weighted by atomic mass is 79.9. The summed E-state index contributed by atoms with van der Waals surface area (Å²) >= 11 is 3.54. The van der Waals surface area contributed by atoms with Crippen molar-refractivity contribution in [3.63, 3.8) is 0 Å². The molecule has 0 aliphatic heterocycles. The van der Waals surface area contributed by atoms with Crippen LogP contribution in [-0.4, -0.2) is 28.8 Å². The van der Waals surface area contributed by atoms with Gasteiger partial charge < -0.3 is 9.47 Å². The zero-order valence-corrected chi connectivity index (χ0v) is 17.2. The summed E-state index contributed by atoms with van der Waals surface area (Å²) in [4.78, 5) is 0.